The third kappa shape index (κ3) is 4.22. The number of carbonyl (C=O) groups is 3. The van der Waals surface area contributed by atoms with Crippen LogP contribution in [-0.4, -0.2) is 33.8 Å². The number of amides is 1. The van der Waals surface area contributed by atoms with E-state index < -0.39 is 17.9 Å². The first-order chi connectivity index (χ1) is 9.11. The van der Waals surface area contributed by atoms with Gasteiger partial charge >= 0.3 is 5.97 Å². The van der Waals surface area contributed by atoms with Crippen LogP contribution in [0.5, 0.6) is 0 Å². The molecule has 1 unspecified atom stereocenters. The highest BCUT2D eigenvalue weighted by Crippen LogP contribution is 2.22. The molecule has 0 spiro atoms. The molecule has 3 N–H and O–H groups in total. The Bertz CT molecular complexity index is 526. The van der Waals surface area contributed by atoms with Crippen molar-refractivity contribution in [1.82, 2.24) is 10.3 Å². The summed E-state index contributed by atoms with van der Waals surface area (Å²) in [6.45, 7) is 6.98. The van der Waals surface area contributed by atoms with E-state index in [-0.39, 0.29) is 23.3 Å². The van der Waals surface area contributed by atoms with Gasteiger partial charge in [-0.1, -0.05) is 20.8 Å². The lowest BCUT2D eigenvalue weighted by Crippen LogP contribution is -2.45. The van der Waals surface area contributed by atoms with Crippen LogP contribution in [-0.2, 0) is 4.79 Å². The number of hydrogen-bond donors (Lipinski definition) is 3. The average Bonchev–Trinajstić information content (AvgIpc) is 2.75. The molecule has 0 saturated heterocycles. The Morgan fingerprint density at radius 2 is 1.95 bits per heavy atom. The van der Waals surface area contributed by atoms with Gasteiger partial charge in [0.15, 0.2) is 5.78 Å². The van der Waals surface area contributed by atoms with Crippen molar-refractivity contribution in [2.75, 3.05) is 0 Å². The van der Waals surface area contributed by atoms with E-state index in [0.29, 0.717) is 5.56 Å². The molecule has 0 bridgehead atoms. The molecule has 0 aliphatic heterocycles. The number of rotatable bonds is 5. The fourth-order valence-electron chi connectivity index (χ4n) is 1.71. The number of Topliss-reactive ketones (excluding diaryl/α,β-unsaturated/α-hetero) is 1. The summed E-state index contributed by atoms with van der Waals surface area (Å²) in [7, 11) is 0. The van der Waals surface area contributed by atoms with Gasteiger partial charge in [0.05, 0.1) is 6.42 Å². The quantitative estimate of drug-likeness (QED) is 0.716. The lowest BCUT2D eigenvalue weighted by atomic mass is 9.84. The van der Waals surface area contributed by atoms with E-state index >= 15 is 0 Å². The number of aliphatic carboxylic acids is 1. The largest absolute Gasteiger partial charge is 0.481 e. The van der Waals surface area contributed by atoms with E-state index in [4.69, 9.17) is 5.11 Å². The summed E-state index contributed by atoms with van der Waals surface area (Å²) < 4.78 is 0. The molecular weight excluding hydrogens is 260 g/mol. The summed E-state index contributed by atoms with van der Waals surface area (Å²) in [5.74, 6) is -1.53. The first-order valence-corrected chi connectivity index (χ1v) is 6.33. The molecule has 6 heteroatoms. The molecule has 0 radical (unpaired) electrons. The highest BCUT2D eigenvalue weighted by molar-refractivity contribution is 5.99. The van der Waals surface area contributed by atoms with Crippen LogP contribution < -0.4 is 5.32 Å². The molecule has 20 heavy (non-hydrogen) atoms. The van der Waals surface area contributed by atoms with Gasteiger partial charge in [0.1, 0.15) is 5.69 Å². The Morgan fingerprint density at radius 1 is 1.35 bits per heavy atom. The van der Waals surface area contributed by atoms with Crippen molar-refractivity contribution in [3.8, 4) is 0 Å². The Kier molecular flexibility index (Phi) is 4.70. The number of aromatic nitrogens is 1. The zero-order valence-corrected chi connectivity index (χ0v) is 12.1. The average molecular weight is 280 g/mol. The second-order valence-corrected chi connectivity index (χ2v) is 5.85. The van der Waals surface area contributed by atoms with Gasteiger partial charge in [-0.3, -0.25) is 14.4 Å². The third-order valence-electron chi connectivity index (χ3n) is 3.06. The standard InChI is InChI=1S/C14H20N2O4/c1-8(17)9-5-10(15-7-9)13(20)16-11(6-12(18)19)14(2,3)4/h5,7,11,15H,6H2,1-4H3,(H,16,20)(H,18,19). The summed E-state index contributed by atoms with van der Waals surface area (Å²) in [4.78, 5) is 36.8. The summed E-state index contributed by atoms with van der Waals surface area (Å²) in [5.41, 5.74) is 0.278. The van der Waals surface area contributed by atoms with Gasteiger partial charge in [0.25, 0.3) is 5.91 Å². The van der Waals surface area contributed by atoms with E-state index in [0.717, 1.165) is 0 Å². The summed E-state index contributed by atoms with van der Waals surface area (Å²) in [6.07, 6.45) is 1.30. The van der Waals surface area contributed by atoms with Gasteiger partial charge < -0.3 is 15.4 Å². The molecule has 0 aromatic carbocycles. The highest BCUT2D eigenvalue weighted by atomic mass is 16.4. The van der Waals surface area contributed by atoms with Crippen molar-refractivity contribution in [3.05, 3.63) is 23.5 Å². The Balaban J connectivity index is 2.84. The first kappa shape index (κ1) is 15.9. The van der Waals surface area contributed by atoms with Crippen molar-refractivity contribution < 1.29 is 19.5 Å². The van der Waals surface area contributed by atoms with Crippen LogP contribution in [0.25, 0.3) is 0 Å². The monoisotopic (exact) mass is 280 g/mol. The first-order valence-electron chi connectivity index (χ1n) is 6.33. The highest BCUT2D eigenvalue weighted by Gasteiger charge is 2.29. The number of hydrogen-bond acceptors (Lipinski definition) is 3. The van der Waals surface area contributed by atoms with Gasteiger partial charge in [-0.05, 0) is 18.4 Å². The Morgan fingerprint density at radius 3 is 2.35 bits per heavy atom. The van der Waals surface area contributed by atoms with Gasteiger partial charge in [-0.15, -0.1) is 0 Å². The molecule has 110 valence electrons. The molecule has 1 aromatic heterocycles. The third-order valence-corrected chi connectivity index (χ3v) is 3.06. The van der Waals surface area contributed by atoms with E-state index in [2.05, 4.69) is 10.3 Å². The van der Waals surface area contributed by atoms with Gasteiger partial charge in [0, 0.05) is 17.8 Å². The van der Waals surface area contributed by atoms with Crippen molar-refractivity contribution in [2.24, 2.45) is 5.41 Å². The minimum absolute atomic E-state index is 0.141. The maximum atomic E-state index is 12.1. The van der Waals surface area contributed by atoms with Crippen LogP contribution in [0.2, 0.25) is 0 Å². The van der Waals surface area contributed by atoms with Gasteiger partial charge in [-0.2, -0.15) is 0 Å². The molecule has 1 rings (SSSR count). The number of carbonyl (C=O) groups excluding carboxylic acids is 2. The predicted octanol–water partition coefficient (Wildman–Crippen LogP) is 1.84. The number of ketones is 1. The zero-order chi connectivity index (χ0) is 15.5. The Labute approximate surface area is 117 Å². The van der Waals surface area contributed by atoms with Crippen LogP contribution in [0.3, 0.4) is 0 Å². The molecule has 0 aliphatic carbocycles. The van der Waals surface area contributed by atoms with Gasteiger partial charge in [0.2, 0.25) is 0 Å². The Hall–Kier alpha value is -2.11. The van der Waals surface area contributed by atoms with Crippen LogP contribution in [0, 0.1) is 5.41 Å². The van der Waals surface area contributed by atoms with Gasteiger partial charge in [-0.25, -0.2) is 0 Å². The lowest BCUT2D eigenvalue weighted by Gasteiger charge is -2.30. The minimum atomic E-state index is -0.971. The normalized spacial score (nSPS) is 12.8. The maximum Gasteiger partial charge on any atom is 0.305 e. The lowest BCUT2D eigenvalue weighted by molar-refractivity contribution is -0.138. The van der Waals surface area contributed by atoms with Crippen molar-refractivity contribution in [1.29, 1.82) is 0 Å². The minimum Gasteiger partial charge on any atom is -0.481 e. The summed E-state index contributed by atoms with van der Waals surface area (Å²) in [6, 6.07) is 0.953. The topological polar surface area (TPSA) is 99.3 Å². The van der Waals surface area contributed by atoms with Crippen molar-refractivity contribution in [2.45, 2.75) is 40.2 Å². The second kappa shape index (κ2) is 5.90. The van der Waals surface area contributed by atoms with Crippen LogP contribution in [0.4, 0.5) is 0 Å². The summed E-state index contributed by atoms with van der Waals surface area (Å²) >= 11 is 0. The molecule has 0 fully saturated rings. The van der Waals surface area contributed by atoms with Crippen LogP contribution in [0.15, 0.2) is 12.3 Å². The number of nitrogens with one attached hydrogen (secondary N) is 2. The molecule has 1 amide bonds. The smallest absolute Gasteiger partial charge is 0.305 e. The second-order valence-electron chi connectivity index (χ2n) is 5.85. The molecule has 1 heterocycles. The molecule has 1 atom stereocenters. The number of H-pyrrole nitrogens is 1. The molecule has 0 saturated carbocycles. The van der Waals surface area contributed by atoms with E-state index in [9.17, 15) is 14.4 Å². The van der Waals surface area contributed by atoms with E-state index in [1.165, 1.54) is 19.2 Å². The fraction of sp³-hybridized carbons (Fsp3) is 0.500. The number of carboxylic acid groups (broad SMARTS) is 1. The van der Waals surface area contributed by atoms with E-state index in [1.807, 2.05) is 20.8 Å². The SMILES string of the molecule is CC(=O)c1c[nH]c(C(=O)NC(CC(=O)O)C(C)(C)C)c1. The molecule has 0 aliphatic rings. The fourth-order valence-corrected chi connectivity index (χ4v) is 1.71. The molecule has 6 nitrogen and oxygen atoms in total. The van der Waals surface area contributed by atoms with Crippen molar-refractivity contribution >= 4 is 17.7 Å². The van der Waals surface area contributed by atoms with Crippen LogP contribution in [0.1, 0.15) is 55.0 Å². The number of aromatic amines is 1. The summed E-state index contributed by atoms with van der Waals surface area (Å²) in [5, 5.41) is 11.6. The zero-order valence-electron chi connectivity index (χ0n) is 12.1. The predicted molar refractivity (Wildman–Crippen MR) is 73.8 cm³/mol. The van der Waals surface area contributed by atoms with Crippen molar-refractivity contribution in [3.63, 3.8) is 0 Å². The maximum absolute atomic E-state index is 12.1. The van der Waals surface area contributed by atoms with Crippen LogP contribution >= 0.6 is 0 Å². The van der Waals surface area contributed by atoms with E-state index in [1.54, 1.807) is 0 Å². The molecule has 1 aromatic rings. The molecular formula is C14H20N2O4. The number of carboxylic acids is 1.